The van der Waals surface area contributed by atoms with Gasteiger partial charge < -0.3 is 4.74 Å². The molecular formula is C14H21NO3. The predicted octanol–water partition coefficient (Wildman–Crippen LogP) is 2.61. The van der Waals surface area contributed by atoms with Gasteiger partial charge in [0.05, 0.1) is 12.2 Å². The molecule has 0 aromatic heterocycles. The molecule has 0 saturated carbocycles. The molecule has 0 spiro atoms. The van der Waals surface area contributed by atoms with Crippen LogP contribution in [0, 0.1) is 0 Å². The Labute approximate surface area is 108 Å². The van der Waals surface area contributed by atoms with E-state index in [-0.39, 0.29) is 11.6 Å². The van der Waals surface area contributed by atoms with Crippen LogP contribution in [-0.2, 0) is 14.4 Å². The molecule has 1 N–H and O–H groups in total. The largest absolute Gasteiger partial charge is 0.465 e. The maximum atomic E-state index is 11.9. The van der Waals surface area contributed by atoms with Gasteiger partial charge in [0.25, 0.3) is 0 Å². The Balaban J connectivity index is 2.79. The number of carbonyl (C=O) groups is 1. The highest BCUT2D eigenvalue weighted by Crippen LogP contribution is 2.16. The van der Waals surface area contributed by atoms with Crippen molar-refractivity contribution in [1.29, 1.82) is 0 Å². The van der Waals surface area contributed by atoms with Crippen LogP contribution in [0.5, 0.6) is 0 Å². The van der Waals surface area contributed by atoms with Crippen molar-refractivity contribution in [3.63, 3.8) is 0 Å². The first kappa shape index (κ1) is 14.7. The summed E-state index contributed by atoms with van der Waals surface area (Å²) in [6.07, 6.45) is 0. The highest BCUT2D eigenvalue weighted by atomic mass is 16.7. The zero-order chi connectivity index (χ0) is 13.6. The molecule has 0 heterocycles. The fraction of sp³-hybridized carbons (Fsp3) is 0.500. The molecule has 1 rings (SSSR count). The average Bonchev–Trinajstić information content (AvgIpc) is 2.29. The van der Waals surface area contributed by atoms with Gasteiger partial charge in [0.2, 0.25) is 0 Å². The lowest BCUT2D eigenvalue weighted by atomic mass is 10.1. The van der Waals surface area contributed by atoms with E-state index in [4.69, 9.17) is 9.57 Å². The van der Waals surface area contributed by atoms with E-state index in [0.717, 1.165) is 5.56 Å². The van der Waals surface area contributed by atoms with Crippen molar-refractivity contribution in [2.75, 3.05) is 6.61 Å². The van der Waals surface area contributed by atoms with Crippen LogP contribution in [0.3, 0.4) is 0 Å². The smallest absolute Gasteiger partial charge is 0.330 e. The molecule has 0 radical (unpaired) electrons. The second kappa shape index (κ2) is 6.52. The van der Waals surface area contributed by atoms with Crippen LogP contribution in [0.4, 0.5) is 0 Å². The monoisotopic (exact) mass is 251 g/mol. The van der Waals surface area contributed by atoms with E-state index < -0.39 is 6.04 Å². The quantitative estimate of drug-likeness (QED) is 0.645. The highest BCUT2D eigenvalue weighted by Gasteiger charge is 2.24. The predicted molar refractivity (Wildman–Crippen MR) is 69.8 cm³/mol. The van der Waals surface area contributed by atoms with Crippen LogP contribution < -0.4 is 5.48 Å². The van der Waals surface area contributed by atoms with Crippen molar-refractivity contribution in [2.45, 2.75) is 39.3 Å². The van der Waals surface area contributed by atoms with Crippen LogP contribution in [0.15, 0.2) is 30.3 Å². The van der Waals surface area contributed by atoms with Crippen LogP contribution in [0.1, 0.15) is 39.3 Å². The fourth-order valence-electron chi connectivity index (χ4n) is 1.36. The van der Waals surface area contributed by atoms with Crippen molar-refractivity contribution in [2.24, 2.45) is 0 Å². The number of esters is 1. The molecule has 0 fully saturated rings. The minimum Gasteiger partial charge on any atom is -0.465 e. The summed E-state index contributed by atoms with van der Waals surface area (Å²) < 4.78 is 5.04. The lowest BCUT2D eigenvalue weighted by molar-refractivity contribution is -0.156. The lowest BCUT2D eigenvalue weighted by Crippen LogP contribution is -2.36. The van der Waals surface area contributed by atoms with Gasteiger partial charge in [0.15, 0.2) is 6.04 Å². The summed E-state index contributed by atoms with van der Waals surface area (Å²) in [5.41, 5.74) is 3.23. The maximum absolute atomic E-state index is 11.9. The Bertz CT molecular complexity index is 370. The second-order valence-corrected chi connectivity index (χ2v) is 4.93. The first-order valence-electron chi connectivity index (χ1n) is 6.09. The van der Waals surface area contributed by atoms with E-state index in [1.54, 1.807) is 6.92 Å². The Morgan fingerprint density at radius 3 is 2.39 bits per heavy atom. The number of hydroxylamine groups is 1. The second-order valence-electron chi connectivity index (χ2n) is 4.93. The molecule has 0 aliphatic carbocycles. The molecule has 0 amide bonds. The molecule has 4 heteroatoms. The van der Waals surface area contributed by atoms with Crippen molar-refractivity contribution in [1.82, 2.24) is 5.48 Å². The minimum absolute atomic E-state index is 0.340. The summed E-state index contributed by atoms with van der Waals surface area (Å²) in [5, 5.41) is 0. The number of hydrogen-bond donors (Lipinski definition) is 1. The first-order valence-corrected chi connectivity index (χ1v) is 6.09. The summed E-state index contributed by atoms with van der Waals surface area (Å²) in [5.74, 6) is -0.340. The van der Waals surface area contributed by atoms with Gasteiger partial charge in [-0.3, -0.25) is 4.84 Å². The zero-order valence-electron chi connectivity index (χ0n) is 11.4. The number of hydrogen-bond acceptors (Lipinski definition) is 4. The van der Waals surface area contributed by atoms with Gasteiger partial charge in [-0.15, -0.1) is 0 Å². The molecule has 0 bridgehead atoms. The summed E-state index contributed by atoms with van der Waals surface area (Å²) in [6.45, 7) is 7.86. The van der Waals surface area contributed by atoms with Gasteiger partial charge in [0.1, 0.15) is 0 Å². The molecule has 4 nitrogen and oxygen atoms in total. The molecule has 1 atom stereocenters. The van der Waals surface area contributed by atoms with Crippen molar-refractivity contribution >= 4 is 5.97 Å². The van der Waals surface area contributed by atoms with Gasteiger partial charge >= 0.3 is 5.97 Å². The highest BCUT2D eigenvalue weighted by molar-refractivity contribution is 5.77. The molecule has 0 saturated heterocycles. The summed E-state index contributed by atoms with van der Waals surface area (Å²) >= 11 is 0. The van der Waals surface area contributed by atoms with E-state index in [2.05, 4.69) is 5.48 Å². The Kier molecular flexibility index (Phi) is 5.31. The third kappa shape index (κ3) is 4.85. The molecule has 1 aromatic carbocycles. The van der Waals surface area contributed by atoms with Crippen molar-refractivity contribution in [3.05, 3.63) is 35.9 Å². The van der Waals surface area contributed by atoms with E-state index in [9.17, 15) is 4.79 Å². The Morgan fingerprint density at radius 2 is 1.89 bits per heavy atom. The molecule has 1 aromatic rings. The summed E-state index contributed by atoms with van der Waals surface area (Å²) in [4.78, 5) is 17.4. The van der Waals surface area contributed by atoms with Crippen molar-refractivity contribution in [3.8, 4) is 0 Å². The number of rotatable bonds is 5. The van der Waals surface area contributed by atoms with E-state index in [0.29, 0.717) is 6.61 Å². The molecular weight excluding hydrogens is 230 g/mol. The standard InChI is InChI=1S/C14H21NO3/c1-5-17-13(16)12(15-18-14(2,3)4)11-9-7-6-8-10-11/h6-10,12,15H,5H2,1-4H3. The fourth-order valence-corrected chi connectivity index (χ4v) is 1.36. The van der Waals surface area contributed by atoms with E-state index in [1.165, 1.54) is 0 Å². The number of ether oxygens (including phenoxy) is 1. The lowest BCUT2D eigenvalue weighted by Gasteiger charge is -2.24. The van der Waals surface area contributed by atoms with E-state index >= 15 is 0 Å². The summed E-state index contributed by atoms with van der Waals surface area (Å²) in [6, 6.07) is 8.77. The third-order valence-corrected chi connectivity index (χ3v) is 2.14. The van der Waals surface area contributed by atoms with Gasteiger partial charge in [-0.25, -0.2) is 4.79 Å². The summed E-state index contributed by atoms with van der Waals surface area (Å²) in [7, 11) is 0. The zero-order valence-corrected chi connectivity index (χ0v) is 11.4. The normalized spacial score (nSPS) is 13.1. The number of nitrogens with one attached hydrogen (secondary N) is 1. The molecule has 0 aliphatic rings. The Hall–Kier alpha value is -1.39. The minimum atomic E-state index is -0.606. The molecule has 100 valence electrons. The molecule has 1 unspecified atom stereocenters. The van der Waals surface area contributed by atoms with Crippen LogP contribution in [0.25, 0.3) is 0 Å². The van der Waals surface area contributed by atoms with Crippen molar-refractivity contribution < 1.29 is 14.4 Å². The number of benzene rings is 1. The van der Waals surface area contributed by atoms with Gasteiger partial charge in [-0.05, 0) is 33.3 Å². The third-order valence-electron chi connectivity index (χ3n) is 2.14. The average molecular weight is 251 g/mol. The van der Waals surface area contributed by atoms with Gasteiger partial charge in [-0.2, -0.15) is 5.48 Å². The van der Waals surface area contributed by atoms with Crippen LogP contribution in [0.2, 0.25) is 0 Å². The first-order chi connectivity index (χ1) is 8.44. The topological polar surface area (TPSA) is 47.6 Å². The SMILES string of the molecule is CCOC(=O)C(NOC(C)(C)C)c1ccccc1. The maximum Gasteiger partial charge on any atom is 0.330 e. The number of carbonyl (C=O) groups excluding carboxylic acids is 1. The molecule has 18 heavy (non-hydrogen) atoms. The van der Waals surface area contributed by atoms with E-state index in [1.807, 2.05) is 51.1 Å². The molecule has 0 aliphatic heterocycles. The van der Waals surface area contributed by atoms with Crippen LogP contribution >= 0.6 is 0 Å². The van der Waals surface area contributed by atoms with Gasteiger partial charge in [-0.1, -0.05) is 30.3 Å². The Morgan fingerprint density at radius 1 is 1.28 bits per heavy atom. The van der Waals surface area contributed by atoms with Crippen LogP contribution in [-0.4, -0.2) is 18.2 Å². The van der Waals surface area contributed by atoms with Gasteiger partial charge in [0, 0.05) is 0 Å².